The second kappa shape index (κ2) is 8.89. The number of aliphatic hydroxyl groups is 1. The molecule has 4 fully saturated rings. The smallest absolute Gasteiger partial charge is 0.303 e. The van der Waals surface area contributed by atoms with Crippen LogP contribution < -0.4 is 0 Å². The molecule has 0 radical (unpaired) electrons. The summed E-state index contributed by atoms with van der Waals surface area (Å²) < 4.78 is 23.3. The molecule has 10 nitrogen and oxygen atoms in total. The van der Waals surface area contributed by atoms with Crippen LogP contribution in [0.25, 0.3) is 0 Å². The maximum atomic E-state index is 14.4. The van der Waals surface area contributed by atoms with E-state index in [9.17, 15) is 29.1 Å². The van der Waals surface area contributed by atoms with Gasteiger partial charge in [0.05, 0.1) is 0 Å². The number of hydrogen-bond donors (Lipinski definition) is 1. The number of carbonyl (C=O) groups is 5. The molecule has 0 aromatic rings. The molecular formula is C28H38O10. The van der Waals surface area contributed by atoms with Crippen LogP contribution in [-0.2, 0) is 42.9 Å². The van der Waals surface area contributed by atoms with Gasteiger partial charge in [0, 0.05) is 51.0 Å². The summed E-state index contributed by atoms with van der Waals surface area (Å²) in [6, 6.07) is 0. The summed E-state index contributed by atoms with van der Waals surface area (Å²) in [6.07, 6.45) is -3.22. The summed E-state index contributed by atoms with van der Waals surface area (Å²) in [6.45, 7) is 14.9. The van der Waals surface area contributed by atoms with Crippen LogP contribution in [-0.4, -0.2) is 64.8 Å². The van der Waals surface area contributed by atoms with Gasteiger partial charge in [-0.25, -0.2) is 0 Å². The molecule has 1 spiro atoms. The molecule has 0 unspecified atom stereocenters. The van der Waals surface area contributed by atoms with Crippen molar-refractivity contribution in [3.05, 3.63) is 12.2 Å². The minimum atomic E-state index is -2.05. The van der Waals surface area contributed by atoms with Gasteiger partial charge in [-0.15, -0.1) is 0 Å². The predicted octanol–water partition coefficient (Wildman–Crippen LogP) is 2.44. The Hall–Kier alpha value is -2.75. The van der Waals surface area contributed by atoms with Crippen molar-refractivity contribution in [1.29, 1.82) is 0 Å². The topological polar surface area (TPSA) is 143 Å². The van der Waals surface area contributed by atoms with Gasteiger partial charge in [-0.05, 0) is 30.6 Å². The Kier molecular flexibility index (Phi) is 6.61. The molecule has 4 saturated carbocycles. The second-order valence-corrected chi connectivity index (χ2v) is 12.4. The van der Waals surface area contributed by atoms with Crippen LogP contribution in [0.4, 0.5) is 0 Å². The molecule has 9 atom stereocenters. The van der Waals surface area contributed by atoms with E-state index in [0.717, 1.165) is 0 Å². The van der Waals surface area contributed by atoms with Gasteiger partial charge in [-0.2, -0.15) is 0 Å². The highest BCUT2D eigenvalue weighted by Crippen LogP contribution is 2.73. The van der Waals surface area contributed by atoms with Gasteiger partial charge < -0.3 is 24.1 Å². The fraction of sp³-hybridized carbons (Fsp3) is 0.750. The van der Waals surface area contributed by atoms with E-state index in [1.807, 2.05) is 6.92 Å². The fourth-order valence-electron chi connectivity index (χ4n) is 8.70. The molecule has 38 heavy (non-hydrogen) atoms. The molecule has 0 aromatic carbocycles. The zero-order chi connectivity index (χ0) is 28.6. The van der Waals surface area contributed by atoms with E-state index in [1.54, 1.807) is 0 Å². The minimum absolute atomic E-state index is 0.178. The Morgan fingerprint density at radius 3 is 1.92 bits per heavy atom. The first-order valence-corrected chi connectivity index (χ1v) is 13.1. The quantitative estimate of drug-likeness (QED) is 0.325. The average molecular weight is 535 g/mol. The number of carbonyl (C=O) groups excluding carboxylic acids is 5. The van der Waals surface area contributed by atoms with Crippen LogP contribution in [0.3, 0.4) is 0 Å². The summed E-state index contributed by atoms with van der Waals surface area (Å²) in [5, 5.41) is 11.9. The summed E-state index contributed by atoms with van der Waals surface area (Å²) in [5.41, 5.74) is -5.41. The van der Waals surface area contributed by atoms with Crippen molar-refractivity contribution < 1.29 is 48.0 Å². The van der Waals surface area contributed by atoms with E-state index in [2.05, 4.69) is 20.4 Å². The molecule has 0 amide bonds. The van der Waals surface area contributed by atoms with Crippen LogP contribution in [0.5, 0.6) is 0 Å². The van der Waals surface area contributed by atoms with Crippen molar-refractivity contribution in [2.24, 2.45) is 28.1 Å². The molecule has 4 rings (SSSR count). The summed E-state index contributed by atoms with van der Waals surface area (Å²) in [7, 11) is 0. The van der Waals surface area contributed by atoms with E-state index in [0.29, 0.717) is 12.8 Å². The zero-order valence-electron chi connectivity index (χ0n) is 23.1. The molecule has 2 bridgehead atoms. The van der Waals surface area contributed by atoms with Crippen molar-refractivity contribution in [3.63, 3.8) is 0 Å². The lowest BCUT2D eigenvalue weighted by Gasteiger charge is -2.68. The van der Waals surface area contributed by atoms with Crippen LogP contribution in [0.15, 0.2) is 12.2 Å². The lowest BCUT2D eigenvalue weighted by Crippen LogP contribution is -2.76. The van der Waals surface area contributed by atoms with Gasteiger partial charge >= 0.3 is 23.9 Å². The predicted molar refractivity (Wildman–Crippen MR) is 131 cm³/mol. The third kappa shape index (κ3) is 3.73. The lowest BCUT2D eigenvalue weighted by molar-refractivity contribution is -0.298. The maximum absolute atomic E-state index is 14.4. The fourth-order valence-corrected chi connectivity index (χ4v) is 8.70. The van der Waals surface area contributed by atoms with Crippen LogP contribution in [0, 0.1) is 28.1 Å². The first-order chi connectivity index (χ1) is 17.4. The number of hydrogen-bond acceptors (Lipinski definition) is 10. The van der Waals surface area contributed by atoms with Crippen molar-refractivity contribution in [3.8, 4) is 0 Å². The first kappa shape index (κ1) is 28.3. The number of ketones is 1. The van der Waals surface area contributed by atoms with Gasteiger partial charge in [0.2, 0.25) is 0 Å². The number of Topliss-reactive ketones (excluding diaryl/α,β-unsaturated/α-hetero) is 1. The summed E-state index contributed by atoms with van der Waals surface area (Å²) in [4.78, 5) is 63.9. The molecule has 210 valence electrons. The van der Waals surface area contributed by atoms with Gasteiger partial charge in [-0.3, -0.25) is 24.0 Å². The highest BCUT2D eigenvalue weighted by atomic mass is 16.6. The van der Waals surface area contributed by atoms with E-state index < -0.39 is 76.4 Å². The molecule has 1 N–H and O–H groups in total. The Labute approximate surface area is 222 Å². The molecule has 0 heterocycles. The molecule has 0 saturated heterocycles. The Balaban J connectivity index is 2.09. The van der Waals surface area contributed by atoms with Crippen molar-refractivity contribution in [2.45, 2.75) is 104 Å². The van der Waals surface area contributed by atoms with E-state index in [1.165, 1.54) is 27.7 Å². The minimum Gasteiger partial charge on any atom is -0.462 e. The summed E-state index contributed by atoms with van der Waals surface area (Å²) in [5.74, 6) is -4.34. The highest BCUT2D eigenvalue weighted by molar-refractivity contribution is 6.07. The van der Waals surface area contributed by atoms with Crippen LogP contribution in [0.1, 0.15) is 74.1 Å². The number of fused-ring (bicyclic) bond motifs is 3. The number of ether oxygens (including phenoxy) is 4. The van der Waals surface area contributed by atoms with E-state index in [4.69, 9.17) is 18.9 Å². The highest BCUT2D eigenvalue weighted by Gasteiger charge is 2.84. The molecule has 10 heteroatoms. The molecule has 4 aliphatic rings. The third-order valence-corrected chi connectivity index (χ3v) is 9.77. The van der Waals surface area contributed by atoms with E-state index >= 15 is 0 Å². The molecule has 0 aliphatic heterocycles. The van der Waals surface area contributed by atoms with Crippen molar-refractivity contribution >= 4 is 29.7 Å². The number of rotatable bonds is 4. The Morgan fingerprint density at radius 2 is 1.39 bits per heavy atom. The summed E-state index contributed by atoms with van der Waals surface area (Å²) >= 11 is 0. The molecule has 4 aliphatic carbocycles. The normalized spacial score (nSPS) is 42.8. The monoisotopic (exact) mass is 534 g/mol. The average Bonchev–Trinajstić information content (AvgIpc) is 2.85. The largest absolute Gasteiger partial charge is 0.462 e. The lowest BCUT2D eigenvalue weighted by atomic mass is 9.38. The van der Waals surface area contributed by atoms with E-state index in [-0.39, 0.29) is 29.7 Å². The van der Waals surface area contributed by atoms with Gasteiger partial charge in [0.1, 0.15) is 29.3 Å². The van der Waals surface area contributed by atoms with Crippen LogP contribution >= 0.6 is 0 Å². The first-order valence-electron chi connectivity index (χ1n) is 13.1. The van der Waals surface area contributed by atoms with Crippen molar-refractivity contribution in [1.82, 2.24) is 0 Å². The standard InChI is InChI=1S/C28H38O10/c1-13-23(33)28-21(37-16(4)31)11-19-25(6,7)10-9-20(36-15(3)30)26(19,8)22(28)18(35-14(2)29)12-27(13,34)24(28)38-17(5)32/h18-22,24,34H,1,9-12H2,2-8H3/t18-,19+,20+,21+,22+,24+,26-,27+,28+/m0/s1. The third-order valence-electron chi connectivity index (χ3n) is 9.77. The molecule has 0 aromatic heterocycles. The van der Waals surface area contributed by atoms with Gasteiger partial charge in [0.15, 0.2) is 11.9 Å². The second-order valence-electron chi connectivity index (χ2n) is 12.4. The van der Waals surface area contributed by atoms with Crippen LogP contribution in [0.2, 0.25) is 0 Å². The SMILES string of the molecule is C=C1C(=O)[C@@]23[C@H]([C@@H](OC(C)=O)C[C@]1(O)[C@H]2OC(C)=O)[C@@]1(C)[C@H](C[C@H]3OC(C)=O)C(C)(C)CC[C@H]1OC(C)=O. The van der Waals surface area contributed by atoms with Gasteiger partial charge in [0.25, 0.3) is 0 Å². The number of esters is 4. The Morgan fingerprint density at radius 1 is 0.868 bits per heavy atom. The zero-order valence-corrected chi connectivity index (χ0v) is 23.1. The van der Waals surface area contributed by atoms with Gasteiger partial charge in [-0.1, -0.05) is 27.4 Å². The molecular weight excluding hydrogens is 496 g/mol. The Bertz CT molecular complexity index is 1110. The maximum Gasteiger partial charge on any atom is 0.303 e. The van der Waals surface area contributed by atoms with Crippen molar-refractivity contribution in [2.75, 3.05) is 0 Å².